The van der Waals surface area contributed by atoms with Crippen molar-refractivity contribution in [1.82, 2.24) is 4.90 Å². The molecule has 0 heterocycles. The first-order valence-corrected chi connectivity index (χ1v) is 4.70. The Morgan fingerprint density at radius 3 is 2.54 bits per heavy atom. The molecule has 0 spiro atoms. The Hall–Kier alpha value is -0.770. The van der Waals surface area contributed by atoms with Crippen molar-refractivity contribution in [2.75, 3.05) is 13.6 Å². The largest absolute Gasteiger partial charge is 0.465 e. The summed E-state index contributed by atoms with van der Waals surface area (Å²) in [4.78, 5) is 11.6. The quantitative estimate of drug-likeness (QED) is 0.666. The first-order chi connectivity index (χ1) is 6.07. The average Bonchev–Trinajstić information content (AvgIpc) is 2.10. The fourth-order valence-electron chi connectivity index (χ4n) is 1.02. The van der Waals surface area contributed by atoms with E-state index in [4.69, 9.17) is 5.11 Å². The van der Waals surface area contributed by atoms with Gasteiger partial charge in [-0.2, -0.15) is 0 Å². The molecule has 0 bridgehead atoms. The summed E-state index contributed by atoms with van der Waals surface area (Å²) in [6.45, 7) is 2.47. The predicted octanol–water partition coefficient (Wildman–Crippen LogP) is 1.54. The van der Waals surface area contributed by atoms with E-state index in [0.29, 0.717) is 13.0 Å². The standard InChI is InChI=1S/C9H19NO3/c1-3-4-5-8(11)6-7-10(2)9(12)13/h8,11H,3-7H2,1-2H3,(H,12,13). The monoisotopic (exact) mass is 189 g/mol. The molecule has 0 aromatic heterocycles. The highest BCUT2D eigenvalue weighted by molar-refractivity contribution is 5.64. The molecule has 0 aliphatic rings. The van der Waals surface area contributed by atoms with Crippen molar-refractivity contribution in [1.29, 1.82) is 0 Å². The van der Waals surface area contributed by atoms with Gasteiger partial charge in [0.25, 0.3) is 0 Å². The predicted molar refractivity (Wildman–Crippen MR) is 50.8 cm³/mol. The second kappa shape index (κ2) is 6.71. The number of amides is 1. The normalized spacial score (nSPS) is 12.5. The summed E-state index contributed by atoms with van der Waals surface area (Å²) < 4.78 is 0. The van der Waals surface area contributed by atoms with Crippen LogP contribution in [0.3, 0.4) is 0 Å². The molecule has 1 amide bonds. The molecule has 78 valence electrons. The number of carboxylic acid groups (broad SMARTS) is 1. The van der Waals surface area contributed by atoms with Gasteiger partial charge in [-0.3, -0.25) is 0 Å². The first-order valence-electron chi connectivity index (χ1n) is 4.70. The van der Waals surface area contributed by atoms with Crippen LogP contribution in [0.15, 0.2) is 0 Å². The van der Waals surface area contributed by atoms with Crippen LogP contribution in [0.5, 0.6) is 0 Å². The molecule has 0 aliphatic carbocycles. The molecule has 1 unspecified atom stereocenters. The van der Waals surface area contributed by atoms with E-state index in [-0.39, 0.29) is 6.10 Å². The van der Waals surface area contributed by atoms with Crippen molar-refractivity contribution in [3.63, 3.8) is 0 Å². The lowest BCUT2D eigenvalue weighted by Gasteiger charge is -2.15. The molecule has 0 aromatic carbocycles. The zero-order valence-corrected chi connectivity index (χ0v) is 8.36. The number of aliphatic hydroxyl groups excluding tert-OH is 1. The number of rotatable bonds is 6. The first kappa shape index (κ1) is 12.2. The van der Waals surface area contributed by atoms with Crippen LogP contribution in [0, 0.1) is 0 Å². The highest BCUT2D eigenvalue weighted by Crippen LogP contribution is 2.04. The van der Waals surface area contributed by atoms with Gasteiger partial charge in [0, 0.05) is 13.6 Å². The van der Waals surface area contributed by atoms with E-state index in [1.165, 1.54) is 11.9 Å². The fourth-order valence-corrected chi connectivity index (χ4v) is 1.02. The molecule has 13 heavy (non-hydrogen) atoms. The van der Waals surface area contributed by atoms with Crippen molar-refractivity contribution in [2.45, 2.75) is 38.7 Å². The SMILES string of the molecule is CCCCC(O)CCN(C)C(=O)O. The highest BCUT2D eigenvalue weighted by atomic mass is 16.4. The maximum atomic E-state index is 10.4. The Labute approximate surface area is 79.2 Å². The van der Waals surface area contributed by atoms with Gasteiger partial charge in [-0.1, -0.05) is 19.8 Å². The fraction of sp³-hybridized carbons (Fsp3) is 0.889. The lowest BCUT2D eigenvalue weighted by molar-refractivity contribution is 0.124. The molecule has 4 nitrogen and oxygen atoms in total. The minimum absolute atomic E-state index is 0.359. The molecule has 0 aliphatic heterocycles. The van der Waals surface area contributed by atoms with Crippen LogP contribution in [-0.2, 0) is 0 Å². The second-order valence-corrected chi connectivity index (χ2v) is 3.29. The average molecular weight is 189 g/mol. The Morgan fingerprint density at radius 1 is 1.46 bits per heavy atom. The van der Waals surface area contributed by atoms with Crippen molar-refractivity contribution in [3.05, 3.63) is 0 Å². The molecule has 0 saturated heterocycles. The minimum atomic E-state index is -0.942. The van der Waals surface area contributed by atoms with E-state index >= 15 is 0 Å². The molecule has 0 aromatic rings. The minimum Gasteiger partial charge on any atom is -0.465 e. The Morgan fingerprint density at radius 2 is 2.08 bits per heavy atom. The summed E-state index contributed by atoms with van der Waals surface area (Å²) >= 11 is 0. The summed E-state index contributed by atoms with van der Waals surface area (Å²) in [5.41, 5.74) is 0. The van der Waals surface area contributed by atoms with Crippen LogP contribution >= 0.6 is 0 Å². The Bertz CT molecular complexity index is 150. The topological polar surface area (TPSA) is 60.8 Å². The van der Waals surface area contributed by atoms with E-state index in [9.17, 15) is 9.90 Å². The highest BCUT2D eigenvalue weighted by Gasteiger charge is 2.08. The smallest absolute Gasteiger partial charge is 0.407 e. The van der Waals surface area contributed by atoms with E-state index in [2.05, 4.69) is 6.92 Å². The number of carbonyl (C=O) groups is 1. The molecule has 0 radical (unpaired) electrons. The van der Waals surface area contributed by atoms with Crippen molar-refractivity contribution < 1.29 is 15.0 Å². The van der Waals surface area contributed by atoms with Crippen molar-refractivity contribution in [2.24, 2.45) is 0 Å². The number of aliphatic hydroxyl groups is 1. The summed E-state index contributed by atoms with van der Waals surface area (Å²) in [5.74, 6) is 0. The Kier molecular flexibility index (Phi) is 6.32. The number of nitrogens with zero attached hydrogens (tertiary/aromatic N) is 1. The third-order valence-corrected chi connectivity index (χ3v) is 2.02. The third kappa shape index (κ3) is 6.40. The van der Waals surface area contributed by atoms with Gasteiger partial charge in [0.2, 0.25) is 0 Å². The third-order valence-electron chi connectivity index (χ3n) is 2.02. The molecular formula is C9H19NO3. The van der Waals surface area contributed by atoms with E-state index < -0.39 is 6.09 Å². The lowest BCUT2D eigenvalue weighted by atomic mass is 10.1. The van der Waals surface area contributed by atoms with Crippen LogP contribution in [0.1, 0.15) is 32.6 Å². The van der Waals surface area contributed by atoms with Gasteiger partial charge >= 0.3 is 6.09 Å². The van der Waals surface area contributed by atoms with Crippen LogP contribution in [0.2, 0.25) is 0 Å². The van der Waals surface area contributed by atoms with Crippen LogP contribution in [-0.4, -0.2) is 40.9 Å². The maximum absolute atomic E-state index is 10.4. The number of hydrogen-bond acceptors (Lipinski definition) is 2. The number of hydrogen-bond donors (Lipinski definition) is 2. The summed E-state index contributed by atoms with van der Waals surface area (Å²) in [5, 5.41) is 17.9. The van der Waals surface area contributed by atoms with Crippen LogP contribution in [0.25, 0.3) is 0 Å². The molecule has 0 saturated carbocycles. The summed E-state index contributed by atoms with van der Waals surface area (Å²) in [6.07, 6.45) is 2.06. The molecule has 0 rings (SSSR count). The molecule has 4 heteroatoms. The van der Waals surface area contributed by atoms with E-state index in [0.717, 1.165) is 19.3 Å². The second-order valence-electron chi connectivity index (χ2n) is 3.29. The number of unbranched alkanes of at least 4 members (excludes halogenated alkanes) is 1. The molecule has 0 fully saturated rings. The van der Waals surface area contributed by atoms with Gasteiger partial charge < -0.3 is 15.1 Å². The van der Waals surface area contributed by atoms with Gasteiger partial charge in [-0.05, 0) is 12.8 Å². The van der Waals surface area contributed by atoms with Crippen LogP contribution < -0.4 is 0 Å². The van der Waals surface area contributed by atoms with E-state index in [1.54, 1.807) is 0 Å². The maximum Gasteiger partial charge on any atom is 0.407 e. The van der Waals surface area contributed by atoms with Gasteiger partial charge in [0.1, 0.15) is 0 Å². The summed E-state index contributed by atoms with van der Waals surface area (Å²) in [6, 6.07) is 0. The van der Waals surface area contributed by atoms with Gasteiger partial charge in [0.05, 0.1) is 6.10 Å². The zero-order valence-electron chi connectivity index (χ0n) is 8.36. The van der Waals surface area contributed by atoms with Gasteiger partial charge in [-0.25, -0.2) is 4.79 Å². The van der Waals surface area contributed by atoms with E-state index in [1.807, 2.05) is 0 Å². The lowest BCUT2D eigenvalue weighted by Crippen LogP contribution is -2.28. The van der Waals surface area contributed by atoms with Crippen LogP contribution in [0.4, 0.5) is 4.79 Å². The zero-order chi connectivity index (χ0) is 10.3. The summed E-state index contributed by atoms with van der Waals surface area (Å²) in [7, 11) is 1.51. The molecule has 1 atom stereocenters. The Balaban J connectivity index is 3.45. The van der Waals surface area contributed by atoms with Crippen molar-refractivity contribution >= 4 is 6.09 Å². The molecular weight excluding hydrogens is 170 g/mol. The van der Waals surface area contributed by atoms with Gasteiger partial charge in [-0.15, -0.1) is 0 Å². The molecule has 2 N–H and O–H groups in total. The van der Waals surface area contributed by atoms with Crippen molar-refractivity contribution in [3.8, 4) is 0 Å². The van der Waals surface area contributed by atoms with Gasteiger partial charge in [0.15, 0.2) is 0 Å².